The molecule has 24 heavy (non-hydrogen) atoms. The summed E-state index contributed by atoms with van der Waals surface area (Å²) >= 11 is 0. The minimum Gasteiger partial charge on any atom is -0.322 e. The number of piperidine rings is 2. The van der Waals surface area contributed by atoms with Gasteiger partial charge in [0.05, 0.1) is 0 Å². The summed E-state index contributed by atoms with van der Waals surface area (Å²) < 4.78 is 0. The summed E-state index contributed by atoms with van der Waals surface area (Å²) in [6, 6.07) is 19.1. The lowest BCUT2D eigenvalue weighted by molar-refractivity contribution is 0.00732. The van der Waals surface area contributed by atoms with Crippen molar-refractivity contribution < 1.29 is 4.79 Å². The van der Waals surface area contributed by atoms with Crippen molar-refractivity contribution >= 4 is 11.6 Å². The number of hydrogen-bond acceptors (Lipinski definition) is 2. The zero-order valence-corrected chi connectivity index (χ0v) is 14.1. The van der Waals surface area contributed by atoms with Gasteiger partial charge >= 0.3 is 0 Å². The average Bonchev–Trinajstić information content (AvgIpc) is 2.64. The molecule has 2 heterocycles. The Morgan fingerprint density at radius 1 is 0.958 bits per heavy atom. The summed E-state index contributed by atoms with van der Waals surface area (Å²) in [7, 11) is 2.27. The molecule has 1 aliphatic carbocycles. The number of benzene rings is 2. The fourth-order valence-corrected chi connectivity index (χ4v) is 4.45. The number of amides is 1. The Morgan fingerprint density at radius 3 is 2.25 bits per heavy atom. The Balaban J connectivity index is 1.48. The first-order chi connectivity index (χ1) is 11.7. The van der Waals surface area contributed by atoms with Gasteiger partial charge in [0.25, 0.3) is 5.91 Å². The molecule has 2 aromatic carbocycles. The van der Waals surface area contributed by atoms with Crippen molar-refractivity contribution in [3.63, 3.8) is 0 Å². The van der Waals surface area contributed by atoms with E-state index in [1.165, 1.54) is 31.2 Å². The number of carbonyl (C=O) groups excluding carboxylic acids is 1. The third kappa shape index (κ3) is 2.84. The van der Waals surface area contributed by atoms with E-state index in [1.807, 2.05) is 42.5 Å². The molecule has 2 aromatic rings. The predicted molar refractivity (Wildman–Crippen MR) is 97.1 cm³/mol. The first-order valence-corrected chi connectivity index (χ1v) is 8.90. The molecule has 3 fully saturated rings. The third-order valence-corrected chi connectivity index (χ3v) is 5.75. The Hall–Kier alpha value is -2.13. The zero-order valence-electron chi connectivity index (χ0n) is 14.1. The molecule has 0 spiro atoms. The Morgan fingerprint density at radius 2 is 1.62 bits per heavy atom. The number of hydrogen-bond donors (Lipinski definition) is 1. The van der Waals surface area contributed by atoms with Gasteiger partial charge in [-0.25, -0.2) is 0 Å². The Bertz CT molecular complexity index is 700. The summed E-state index contributed by atoms with van der Waals surface area (Å²) in [6.45, 7) is 0. The van der Waals surface area contributed by atoms with Crippen LogP contribution in [0.3, 0.4) is 0 Å². The van der Waals surface area contributed by atoms with E-state index >= 15 is 0 Å². The molecule has 3 heteroatoms. The number of fused-ring (bicyclic) bond motifs is 3. The van der Waals surface area contributed by atoms with Crippen LogP contribution in [0.1, 0.15) is 47.6 Å². The van der Waals surface area contributed by atoms with Crippen LogP contribution in [0.2, 0.25) is 0 Å². The highest BCUT2D eigenvalue weighted by molar-refractivity contribution is 6.04. The van der Waals surface area contributed by atoms with E-state index in [4.69, 9.17) is 0 Å². The molecule has 1 amide bonds. The van der Waals surface area contributed by atoms with Crippen molar-refractivity contribution in [1.82, 2.24) is 4.90 Å². The minimum absolute atomic E-state index is 0.0582. The SMILES string of the molecule is CN1C2CCC(CC2)[C@@H]1c1ccc(NC(=O)c2ccccc2)cc1. The number of carbonyl (C=O) groups is 1. The maximum Gasteiger partial charge on any atom is 0.255 e. The van der Waals surface area contributed by atoms with Gasteiger partial charge in [-0.2, -0.15) is 0 Å². The van der Waals surface area contributed by atoms with Gasteiger partial charge in [0.2, 0.25) is 0 Å². The molecular weight excluding hydrogens is 296 g/mol. The lowest BCUT2D eigenvalue weighted by Gasteiger charge is -2.50. The summed E-state index contributed by atoms with van der Waals surface area (Å²) in [5.41, 5.74) is 2.92. The largest absolute Gasteiger partial charge is 0.322 e. The van der Waals surface area contributed by atoms with Crippen molar-refractivity contribution in [2.45, 2.75) is 37.8 Å². The van der Waals surface area contributed by atoms with Gasteiger partial charge in [-0.1, -0.05) is 30.3 Å². The smallest absolute Gasteiger partial charge is 0.255 e. The van der Waals surface area contributed by atoms with Crippen molar-refractivity contribution in [2.75, 3.05) is 12.4 Å². The van der Waals surface area contributed by atoms with E-state index in [0.717, 1.165) is 17.6 Å². The molecule has 2 bridgehead atoms. The average molecular weight is 320 g/mol. The van der Waals surface area contributed by atoms with Gasteiger partial charge in [-0.15, -0.1) is 0 Å². The second-order valence-electron chi connectivity index (χ2n) is 7.12. The standard InChI is InChI=1S/C21H24N2O/c1-23-19-13-9-16(10-14-19)20(23)15-7-11-18(12-8-15)22-21(24)17-5-3-2-4-6-17/h2-8,11-12,16,19-20H,9-10,13-14H2,1H3,(H,22,24)/t16?,19?,20-/m0/s1. The van der Waals surface area contributed by atoms with Crippen LogP contribution in [0.15, 0.2) is 54.6 Å². The van der Waals surface area contributed by atoms with Crippen molar-refractivity contribution in [3.8, 4) is 0 Å². The first-order valence-electron chi connectivity index (χ1n) is 8.90. The fraction of sp³-hybridized carbons (Fsp3) is 0.381. The lowest BCUT2D eigenvalue weighted by atomic mass is 9.73. The minimum atomic E-state index is -0.0582. The second-order valence-corrected chi connectivity index (χ2v) is 7.12. The van der Waals surface area contributed by atoms with Crippen molar-refractivity contribution in [1.29, 1.82) is 0 Å². The molecule has 0 aromatic heterocycles. The summed E-state index contributed by atoms with van der Waals surface area (Å²) in [4.78, 5) is 14.8. The van der Waals surface area contributed by atoms with E-state index in [9.17, 15) is 4.79 Å². The van der Waals surface area contributed by atoms with E-state index in [2.05, 4.69) is 29.4 Å². The van der Waals surface area contributed by atoms with E-state index in [1.54, 1.807) is 0 Å². The number of rotatable bonds is 3. The maximum absolute atomic E-state index is 12.2. The van der Waals surface area contributed by atoms with Crippen LogP contribution < -0.4 is 5.32 Å². The summed E-state index contributed by atoms with van der Waals surface area (Å²) in [5.74, 6) is 0.724. The highest BCUT2D eigenvalue weighted by Crippen LogP contribution is 2.46. The molecule has 1 saturated carbocycles. The maximum atomic E-state index is 12.2. The quantitative estimate of drug-likeness (QED) is 0.904. The molecule has 3 aliphatic rings. The monoisotopic (exact) mass is 320 g/mol. The molecule has 2 saturated heterocycles. The fourth-order valence-electron chi connectivity index (χ4n) is 4.45. The van der Waals surface area contributed by atoms with Crippen LogP contribution in [-0.4, -0.2) is 23.9 Å². The van der Waals surface area contributed by atoms with Crippen LogP contribution in [0.25, 0.3) is 0 Å². The zero-order chi connectivity index (χ0) is 16.5. The normalized spacial score (nSPS) is 26.3. The van der Waals surface area contributed by atoms with Crippen molar-refractivity contribution in [3.05, 3.63) is 65.7 Å². The second kappa shape index (κ2) is 6.40. The number of anilines is 1. The van der Waals surface area contributed by atoms with Gasteiger partial charge < -0.3 is 5.32 Å². The molecule has 1 N–H and O–H groups in total. The van der Waals surface area contributed by atoms with Gasteiger partial charge in [0.15, 0.2) is 0 Å². The van der Waals surface area contributed by atoms with Gasteiger partial charge in [0, 0.05) is 23.3 Å². The van der Waals surface area contributed by atoms with Crippen LogP contribution in [-0.2, 0) is 0 Å². The van der Waals surface area contributed by atoms with E-state index in [-0.39, 0.29) is 5.91 Å². The topological polar surface area (TPSA) is 32.3 Å². The molecule has 2 aliphatic heterocycles. The number of nitrogens with zero attached hydrogens (tertiary/aromatic N) is 1. The van der Waals surface area contributed by atoms with Crippen LogP contribution in [0.4, 0.5) is 5.69 Å². The molecule has 0 radical (unpaired) electrons. The van der Waals surface area contributed by atoms with E-state index in [0.29, 0.717) is 11.6 Å². The third-order valence-electron chi connectivity index (χ3n) is 5.75. The summed E-state index contributed by atoms with van der Waals surface area (Å²) in [5, 5.41) is 2.98. The molecule has 0 unspecified atom stereocenters. The van der Waals surface area contributed by atoms with Crippen LogP contribution in [0, 0.1) is 5.92 Å². The predicted octanol–water partition coefficient (Wildman–Crippen LogP) is 4.48. The van der Waals surface area contributed by atoms with Crippen LogP contribution in [0.5, 0.6) is 0 Å². The summed E-state index contributed by atoms with van der Waals surface area (Å²) in [6.07, 6.45) is 5.41. The number of nitrogens with one attached hydrogen (secondary N) is 1. The van der Waals surface area contributed by atoms with E-state index < -0.39 is 0 Å². The van der Waals surface area contributed by atoms with Gasteiger partial charge in [-0.05, 0) is 68.5 Å². The lowest BCUT2D eigenvalue weighted by Crippen LogP contribution is -2.47. The highest BCUT2D eigenvalue weighted by Gasteiger charge is 2.40. The Labute approximate surface area is 143 Å². The van der Waals surface area contributed by atoms with Crippen molar-refractivity contribution in [2.24, 2.45) is 5.92 Å². The molecule has 3 nitrogen and oxygen atoms in total. The van der Waals surface area contributed by atoms with Gasteiger partial charge in [-0.3, -0.25) is 9.69 Å². The molecule has 5 rings (SSSR count). The molecule has 1 atom stereocenters. The highest BCUT2D eigenvalue weighted by atomic mass is 16.1. The molecule has 124 valence electrons. The first kappa shape index (κ1) is 15.4. The van der Waals surface area contributed by atoms with Crippen LogP contribution >= 0.6 is 0 Å². The van der Waals surface area contributed by atoms with Gasteiger partial charge in [0.1, 0.15) is 0 Å². The Kier molecular flexibility index (Phi) is 4.11. The molecular formula is C21H24N2O.